The Morgan fingerprint density at radius 3 is 2.62 bits per heavy atom. The highest BCUT2D eigenvalue weighted by molar-refractivity contribution is 7.16. The molecule has 2 aromatic rings. The van der Waals surface area contributed by atoms with Crippen LogP contribution < -0.4 is 14.8 Å². The number of fused-ring (bicyclic) bond motifs is 1. The number of methoxy groups -OCH3 is 2. The Hall–Kier alpha value is -2.52. The van der Waals surface area contributed by atoms with Gasteiger partial charge in [0.25, 0.3) is 5.91 Å². The fraction of sp³-hybridized carbons (Fsp3) is 0.400. The van der Waals surface area contributed by atoms with Gasteiger partial charge in [-0.1, -0.05) is 19.4 Å². The van der Waals surface area contributed by atoms with Gasteiger partial charge in [-0.3, -0.25) is 4.79 Å². The number of nitrogens with zero attached hydrogens (tertiary/aromatic N) is 1. The molecule has 1 aromatic carbocycles. The standard InChI is InChI=1S/C20H22N2O3S/c1-4-12-8-9-13-14(11-21)20(26-17(13)10-12)22-19(23)18-15(24-2)6-5-7-16(18)25-3/h5-7,12H,4,8-10H2,1-3H3,(H,22,23)/t12-/m0/s1. The van der Waals surface area contributed by atoms with Crippen LogP contribution in [0.4, 0.5) is 5.00 Å². The minimum Gasteiger partial charge on any atom is -0.496 e. The second kappa shape index (κ2) is 7.79. The lowest BCUT2D eigenvalue weighted by Gasteiger charge is -2.20. The average molecular weight is 370 g/mol. The van der Waals surface area contributed by atoms with E-state index in [4.69, 9.17) is 9.47 Å². The number of ether oxygens (including phenoxy) is 2. The molecule has 0 aliphatic heterocycles. The Morgan fingerprint density at radius 2 is 2.04 bits per heavy atom. The van der Waals surface area contributed by atoms with Crippen LogP contribution >= 0.6 is 11.3 Å². The normalized spacial score (nSPS) is 15.7. The monoisotopic (exact) mass is 370 g/mol. The molecule has 136 valence electrons. The van der Waals surface area contributed by atoms with Crippen molar-refractivity contribution in [2.45, 2.75) is 32.6 Å². The molecule has 0 fully saturated rings. The van der Waals surface area contributed by atoms with E-state index in [0.717, 1.165) is 31.2 Å². The number of carbonyl (C=O) groups excluding carboxylic acids is 1. The summed E-state index contributed by atoms with van der Waals surface area (Å²) in [5.41, 5.74) is 2.03. The van der Waals surface area contributed by atoms with Crippen LogP contribution in [0.1, 0.15) is 46.1 Å². The van der Waals surface area contributed by atoms with Crippen LogP contribution in [-0.2, 0) is 12.8 Å². The molecular formula is C20H22N2O3S. The maximum atomic E-state index is 12.9. The molecule has 3 rings (SSSR count). The van der Waals surface area contributed by atoms with Crippen molar-refractivity contribution >= 4 is 22.2 Å². The molecule has 1 N–H and O–H groups in total. The number of hydrogen-bond acceptors (Lipinski definition) is 5. The maximum Gasteiger partial charge on any atom is 0.263 e. The Morgan fingerprint density at radius 1 is 1.35 bits per heavy atom. The van der Waals surface area contributed by atoms with Crippen LogP contribution in [0.25, 0.3) is 0 Å². The lowest BCUT2D eigenvalue weighted by Crippen LogP contribution is -2.14. The summed E-state index contributed by atoms with van der Waals surface area (Å²) < 4.78 is 10.6. The molecule has 1 atom stereocenters. The highest BCUT2D eigenvalue weighted by Gasteiger charge is 2.27. The summed E-state index contributed by atoms with van der Waals surface area (Å²) in [5, 5.41) is 13.2. The van der Waals surface area contributed by atoms with Gasteiger partial charge in [-0.15, -0.1) is 11.3 Å². The molecule has 5 nitrogen and oxygen atoms in total. The first kappa shape index (κ1) is 18.3. The summed E-state index contributed by atoms with van der Waals surface area (Å²) >= 11 is 1.52. The lowest BCUT2D eigenvalue weighted by molar-refractivity contribution is 0.102. The highest BCUT2D eigenvalue weighted by atomic mass is 32.1. The molecule has 26 heavy (non-hydrogen) atoms. The van der Waals surface area contributed by atoms with E-state index in [2.05, 4.69) is 18.3 Å². The Kier molecular flexibility index (Phi) is 5.48. The smallest absolute Gasteiger partial charge is 0.263 e. The number of hydrogen-bond donors (Lipinski definition) is 1. The topological polar surface area (TPSA) is 71.3 Å². The molecule has 1 heterocycles. The molecule has 1 amide bonds. The SMILES string of the molecule is CC[C@H]1CCc2c(sc(NC(=O)c3c(OC)cccc3OC)c2C#N)C1. The van der Waals surface area contributed by atoms with Gasteiger partial charge in [0.05, 0.1) is 19.8 Å². The number of carbonyl (C=O) groups is 1. The number of thiophene rings is 1. The number of rotatable bonds is 5. The third-order valence-corrected chi connectivity index (χ3v) is 6.11. The minimum absolute atomic E-state index is 0.332. The van der Waals surface area contributed by atoms with Crippen LogP contribution in [0.15, 0.2) is 18.2 Å². The molecule has 0 radical (unpaired) electrons. The predicted octanol–water partition coefficient (Wildman–Crippen LogP) is 4.40. The molecule has 0 spiro atoms. The van der Waals surface area contributed by atoms with E-state index >= 15 is 0 Å². The van der Waals surface area contributed by atoms with E-state index < -0.39 is 0 Å². The summed E-state index contributed by atoms with van der Waals surface area (Å²) in [7, 11) is 3.03. The number of benzene rings is 1. The van der Waals surface area contributed by atoms with Crippen LogP contribution in [0, 0.1) is 17.2 Å². The largest absolute Gasteiger partial charge is 0.496 e. The molecular weight excluding hydrogens is 348 g/mol. The van der Waals surface area contributed by atoms with Gasteiger partial charge in [0.2, 0.25) is 0 Å². The Labute approximate surface area is 157 Å². The number of nitriles is 1. The van der Waals surface area contributed by atoms with E-state index in [0.29, 0.717) is 33.5 Å². The lowest BCUT2D eigenvalue weighted by atomic mass is 9.86. The molecule has 0 saturated carbocycles. The van der Waals surface area contributed by atoms with Gasteiger partial charge in [-0.2, -0.15) is 5.26 Å². The zero-order valence-corrected chi connectivity index (χ0v) is 16.0. The molecule has 0 bridgehead atoms. The molecule has 0 saturated heterocycles. The third kappa shape index (κ3) is 3.27. The highest BCUT2D eigenvalue weighted by Crippen LogP contribution is 2.40. The summed E-state index contributed by atoms with van der Waals surface area (Å²) in [6, 6.07) is 7.48. The van der Waals surface area contributed by atoms with Crippen molar-refractivity contribution in [3.63, 3.8) is 0 Å². The Bertz CT molecular complexity index is 844. The van der Waals surface area contributed by atoms with E-state index in [-0.39, 0.29) is 5.91 Å². The summed E-state index contributed by atoms with van der Waals surface area (Å²) in [4.78, 5) is 14.1. The van der Waals surface area contributed by atoms with E-state index in [1.807, 2.05) is 0 Å². The van der Waals surface area contributed by atoms with Gasteiger partial charge in [-0.25, -0.2) is 0 Å². The summed E-state index contributed by atoms with van der Waals surface area (Å²) in [6.45, 7) is 2.20. The first-order valence-electron chi connectivity index (χ1n) is 8.69. The van der Waals surface area contributed by atoms with E-state index in [1.165, 1.54) is 30.4 Å². The van der Waals surface area contributed by atoms with Crippen molar-refractivity contribution in [1.29, 1.82) is 5.26 Å². The average Bonchev–Trinajstić information content (AvgIpc) is 3.02. The van der Waals surface area contributed by atoms with Gasteiger partial charge in [0.15, 0.2) is 0 Å². The van der Waals surface area contributed by atoms with Crippen molar-refractivity contribution < 1.29 is 14.3 Å². The Balaban J connectivity index is 1.94. The van der Waals surface area contributed by atoms with Crippen molar-refractivity contribution in [3.05, 3.63) is 39.8 Å². The quantitative estimate of drug-likeness (QED) is 0.846. The molecule has 6 heteroatoms. The van der Waals surface area contributed by atoms with Gasteiger partial charge < -0.3 is 14.8 Å². The number of amides is 1. The van der Waals surface area contributed by atoms with Crippen molar-refractivity contribution in [1.82, 2.24) is 0 Å². The van der Waals surface area contributed by atoms with Crippen LogP contribution in [0.3, 0.4) is 0 Å². The van der Waals surface area contributed by atoms with Crippen molar-refractivity contribution in [2.24, 2.45) is 5.92 Å². The first-order chi connectivity index (χ1) is 12.6. The van der Waals surface area contributed by atoms with Gasteiger partial charge in [0, 0.05) is 4.88 Å². The van der Waals surface area contributed by atoms with E-state index in [1.54, 1.807) is 18.2 Å². The molecule has 0 unspecified atom stereocenters. The van der Waals surface area contributed by atoms with E-state index in [9.17, 15) is 10.1 Å². The van der Waals surface area contributed by atoms with Gasteiger partial charge in [0.1, 0.15) is 28.1 Å². The molecule has 1 aliphatic rings. The summed E-state index contributed by atoms with van der Waals surface area (Å²) in [5.74, 6) is 1.20. The summed E-state index contributed by atoms with van der Waals surface area (Å²) in [6.07, 6.45) is 4.13. The van der Waals surface area contributed by atoms with Gasteiger partial charge >= 0.3 is 0 Å². The van der Waals surface area contributed by atoms with Crippen LogP contribution in [0.2, 0.25) is 0 Å². The second-order valence-electron chi connectivity index (χ2n) is 6.33. The van der Waals surface area contributed by atoms with Crippen molar-refractivity contribution in [2.75, 3.05) is 19.5 Å². The number of anilines is 1. The zero-order chi connectivity index (χ0) is 18.7. The maximum absolute atomic E-state index is 12.9. The minimum atomic E-state index is -0.332. The molecule has 1 aliphatic carbocycles. The first-order valence-corrected chi connectivity index (χ1v) is 9.51. The third-order valence-electron chi connectivity index (χ3n) is 4.94. The van der Waals surface area contributed by atoms with Crippen LogP contribution in [-0.4, -0.2) is 20.1 Å². The molecule has 1 aromatic heterocycles. The predicted molar refractivity (Wildman–Crippen MR) is 102 cm³/mol. The zero-order valence-electron chi connectivity index (χ0n) is 15.2. The van der Waals surface area contributed by atoms with Gasteiger partial charge in [-0.05, 0) is 42.9 Å². The second-order valence-corrected chi connectivity index (χ2v) is 7.43. The van der Waals surface area contributed by atoms with Crippen molar-refractivity contribution in [3.8, 4) is 17.6 Å². The fourth-order valence-corrected chi connectivity index (χ4v) is 4.76. The number of nitrogens with one attached hydrogen (secondary N) is 1. The fourth-order valence-electron chi connectivity index (χ4n) is 3.45. The van der Waals surface area contributed by atoms with Crippen LogP contribution in [0.5, 0.6) is 11.5 Å².